The number of aliphatic hydroxyl groups excluding tert-OH is 1. The largest absolute Gasteiger partial charge is 0.456 e. The zero-order valence-corrected chi connectivity index (χ0v) is 13.8. The van der Waals surface area contributed by atoms with Crippen LogP contribution in [0.15, 0.2) is 18.2 Å². The van der Waals surface area contributed by atoms with Gasteiger partial charge in [0.2, 0.25) is 0 Å². The molecule has 1 aromatic carbocycles. The van der Waals surface area contributed by atoms with E-state index in [2.05, 4.69) is 10.6 Å². The average Bonchev–Trinajstić information content (AvgIpc) is 2.38. The van der Waals surface area contributed by atoms with Gasteiger partial charge < -0.3 is 20.5 Å². The summed E-state index contributed by atoms with van der Waals surface area (Å²) in [6, 6.07) is 3.55. The number of benzene rings is 1. The van der Waals surface area contributed by atoms with Gasteiger partial charge in [-0.3, -0.25) is 0 Å². The minimum absolute atomic E-state index is 0.181. The Bertz CT molecular complexity index is 555. The minimum atomic E-state index is -0.613. The topological polar surface area (TPSA) is 87.7 Å². The molecule has 7 heteroatoms. The van der Waals surface area contributed by atoms with Gasteiger partial charge in [-0.05, 0) is 45.9 Å². The summed E-state index contributed by atoms with van der Waals surface area (Å²) in [5.74, 6) is -0.503. The van der Waals surface area contributed by atoms with E-state index in [1.807, 2.05) is 0 Å². The molecule has 2 amide bonds. The molecule has 22 heavy (non-hydrogen) atoms. The number of carbonyl (C=O) groups is 2. The maximum Gasteiger partial charge on any atom is 0.338 e. The van der Waals surface area contributed by atoms with Crippen LogP contribution in [0.5, 0.6) is 0 Å². The van der Waals surface area contributed by atoms with Crippen molar-refractivity contribution in [1.82, 2.24) is 5.32 Å². The van der Waals surface area contributed by atoms with Crippen LogP contribution in [0.4, 0.5) is 10.5 Å². The lowest BCUT2D eigenvalue weighted by Crippen LogP contribution is -2.38. The maximum absolute atomic E-state index is 12.0. The number of urea groups is 1. The number of nitrogens with one attached hydrogen (secondary N) is 2. The fourth-order valence-electron chi connectivity index (χ4n) is 1.51. The van der Waals surface area contributed by atoms with E-state index in [4.69, 9.17) is 21.4 Å². The van der Waals surface area contributed by atoms with Gasteiger partial charge in [0, 0.05) is 0 Å². The van der Waals surface area contributed by atoms with Crippen molar-refractivity contribution in [3.05, 3.63) is 28.8 Å². The van der Waals surface area contributed by atoms with E-state index in [9.17, 15) is 9.59 Å². The van der Waals surface area contributed by atoms with Crippen LogP contribution in [0.1, 0.15) is 38.1 Å². The van der Waals surface area contributed by atoms with E-state index in [0.717, 1.165) is 0 Å². The molecule has 0 radical (unpaired) electrons. The molecule has 0 bridgehead atoms. The van der Waals surface area contributed by atoms with E-state index < -0.39 is 23.6 Å². The maximum atomic E-state index is 12.0. The molecule has 0 heterocycles. The summed E-state index contributed by atoms with van der Waals surface area (Å²) in [6.07, 6.45) is 0. The molecule has 6 nitrogen and oxygen atoms in total. The molecule has 0 saturated carbocycles. The first kappa shape index (κ1) is 18.3. The first-order valence-electron chi connectivity index (χ1n) is 6.83. The lowest BCUT2D eigenvalue weighted by atomic mass is 10.1. The number of anilines is 1. The summed E-state index contributed by atoms with van der Waals surface area (Å²) in [4.78, 5) is 23.7. The van der Waals surface area contributed by atoms with E-state index in [1.54, 1.807) is 27.7 Å². The third kappa shape index (κ3) is 5.91. The van der Waals surface area contributed by atoms with Gasteiger partial charge in [0.15, 0.2) is 0 Å². The summed E-state index contributed by atoms with van der Waals surface area (Å²) in [5.41, 5.74) is -0.0457. The number of halogens is 1. The molecule has 3 N–H and O–H groups in total. The fraction of sp³-hybridized carbons (Fsp3) is 0.467. The second-order valence-electron chi connectivity index (χ2n) is 5.88. The summed E-state index contributed by atoms with van der Waals surface area (Å²) in [7, 11) is 0. The number of aliphatic hydroxyl groups is 1. The Kier molecular flexibility index (Phi) is 6.20. The predicted molar refractivity (Wildman–Crippen MR) is 85.3 cm³/mol. The van der Waals surface area contributed by atoms with Crippen molar-refractivity contribution >= 4 is 29.3 Å². The van der Waals surface area contributed by atoms with Crippen molar-refractivity contribution in [2.45, 2.75) is 39.3 Å². The highest BCUT2D eigenvalue weighted by molar-refractivity contribution is 6.33. The molecule has 0 saturated heterocycles. The fourth-order valence-corrected chi connectivity index (χ4v) is 1.68. The Morgan fingerprint density at radius 2 is 2.00 bits per heavy atom. The molecular weight excluding hydrogens is 308 g/mol. The van der Waals surface area contributed by atoms with Crippen LogP contribution in [0.25, 0.3) is 0 Å². The molecule has 0 spiro atoms. The lowest BCUT2D eigenvalue weighted by molar-refractivity contribution is 0.00695. The zero-order chi connectivity index (χ0) is 16.9. The van der Waals surface area contributed by atoms with Gasteiger partial charge in [-0.1, -0.05) is 11.6 Å². The van der Waals surface area contributed by atoms with Crippen LogP contribution in [-0.4, -0.2) is 35.4 Å². The van der Waals surface area contributed by atoms with Crippen LogP contribution in [0.3, 0.4) is 0 Å². The number of carbonyl (C=O) groups excluding carboxylic acids is 2. The molecule has 122 valence electrons. The van der Waals surface area contributed by atoms with Gasteiger partial charge >= 0.3 is 12.0 Å². The number of ether oxygens (including phenoxy) is 1. The molecule has 1 atom stereocenters. The Labute approximate surface area is 134 Å². The van der Waals surface area contributed by atoms with Crippen LogP contribution in [-0.2, 0) is 4.74 Å². The molecule has 0 aromatic heterocycles. The smallest absolute Gasteiger partial charge is 0.338 e. The SMILES string of the molecule is CC(CO)NC(=O)Nc1cc(C(=O)OC(C)(C)C)ccc1Cl. The van der Waals surface area contributed by atoms with E-state index >= 15 is 0 Å². The third-order valence-electron chi connectivity index (χ3n) is 2.50. The average molecular weight is 329 g/mol. The van der Waals surface area contributed by atoms with Crippen molar-refractivity contribution in [2.24, 2.45) is 0 Å². The number of esters is 1. The third-order valence-corrected chi connectivity index (χ3v) is 2.83. The van der Waals surface area contributed by atoms with E-state index in [1.165, 1.54) is 18.2 Å². The van der Waals surface area contributed by atoms with E-state index in [-0.39, 0.29) is 17.9 Å². The van der Waals surface area contributed by atoms with Crippen molar-refractivity contribution in [3.8, 4) is 0 Å². The highest BCUT2D eigenvalue weighted by atomic mass is 35.5. The molecule has 1 unspecified atom stereocenters. The van der Waals surface area contributed by atoms with Gasteiger partial charge in [-0.2, -0.15) is 0 Å². The lowest BCUT2D eigenvalue weighted by Gasteiger charge is -2.20. The normalized spacial score (nSPS) is 12.5. The Morgan fingerprint density at radius 1 is 1.36 bits per heavy atom. The molecule has 1 aromatic rings. The number of rotatable bonds is 4. The van der Waals surface area contributed by atoms with Gasteiger partial charge in [-0.25, -0.2) is 9.59 Å². The molecule has 0 aliphatic heterocycles. The monoisotopic (exact) mass is 328 g/mol. The first-order valence-corrected chi connectivity index (χ1v) is 7.21. The highest BCUT2D eigenvalue weighted by Gasteiger charge is 2.19. The standard InChI is InChI=1S/C15H21ClN2O4/c1-9(8-19)17-14(21)18-12-7-10(5-6-11(12)16)13(20)22-15(2,3)4/h5-7,9,19H,8H2,1-4H3,(H2,17,18,21). The quantitative estimate of drug-likeness (QED) is 0.742. The second kappa shape index (κ2) is 7.47. The van der Waals surface area contributed by atoms with Crippen molar-refractivity contribution < 1.29 is 19.4 Å². The van der Waals surface area contributed by atoms with Crippen molar-refractivity contribution in [3.63, 3.8) is 0 Å². The Morgan fingerprint density at radius 3 is 2.55 bits per heavy atom. The van der Waals surface area contributed by atoms with Gasteiger partial charge in [0.1, 0.15) is 5.60 Å². The Hall–Kier alpha value is -1.79. The zero-order valence-electron chi connectivity index (χ0n) is 13.1. The minimum Gasteiger partial charge on any atom is -0.456 e. The number of amides is 2. The number of hydrogen-bond donors (Lipinski definition) is 3. The van der Waals surface area contributed by atoms with Crippen molar-refractivity contribution in [2.75, 3.05) is 11.9 Å². The summed E-state index contributed by atoms with van der Waals surface area (Å²) >= 11 is 6.00. The second-order valence-corrected chi connectivity index (χ2v) is 6.29. The molecule has 0 fully saturated rings. The Balaban J connectivity index is 2.86. The summed E-state index contributed by atoms with van der Waals surface area (Å²) in [6.45, 7) is 6.77. The van der Waals surface area contributed by atoms with Crippen molar-refractivity contribution in [1.29, 1.82) is 0 Å². The number of hydrogen-bond acceptors (Lipinski definition) is 4. The summed E-state index contributed by atoms with van der Waals surface area (Å²) < 4.78 is 5.26. The van der Waals surface area contributed by atoms with E-state index in [0.29, 0.717) is 5.02 Å². The highest BCUT2D eigenvalue weighted by Crippen LogP contribution is 2.24. The van der Waals surface area contributed by atoms with Gasteiger partial charge in [0.25, 0.3) is 0 Å². The van der Waals surface area contributed by atoms with Crippen LogP contribution in [0, 0.1) is 0 Å². The van der Waals surface area contributed by atoms with Gasteiger partial charge in [-0.15, -0.1) is 0 Å². The predicted octanol–water partition coefficient (Wildman–Crippen LogP) is 2.80. The summed E-state index contributed by atoms with van der Waals surface area (Å²) in [5, 5.41) is 14.2. The molecule has 0 aliphatic rings. The molecular formula is C15H21ClN2O4. The van der Waals surface area contributed by atoms with Crippen LogP contribution in [0.2, 0.25) is 5.02 Å². The van der Waals surface area contributed by atoms with Crippen LogP contribution >= 0.6 is 11.6 Å². The van der Waals surface area contributed by atoms with Crippen LogP contribution < -0.4 is 10.6 Å². The first-order chi connectivity index (χ1) is 10.1. The molecule has 0 aliphatic carbocycles. The van der Waals surface area contributed by atoms with Gasteiger partial charge in [0.05, 0.1) is 28.9 Å². The molecule has 1 rings (SSSR count).